The summed E-state index contributed by atoms with van der Waals surface area (Å²) in [6, 6.07) is 71.2. The van der Waals surface area contributed by atoms with Gasteiger partial charge >= 0.3 is 0 Å². The van der Waals surface area contributed by atoms with Crippen LogP contribution in [0.2, 0.25) is 0 Å². The number of hydrogen-bond donors (Lipinski definition) is 0. The molecule has 3 heterocycles. The molecular formula is C50H34N2OSSi. The van der Waals surface area contributed by atoms with Crippen molar-refractivity contribution in [1.82, 2.24) is 9.55 Å². The van der Waals surface area contributed by atoms with E-state index in [0.29, 0.717) is 0 Å². The van der Waals surface area contributed by atoms with Crippen LogP contribution in [0.1, 0.15) is 5.56 Å². The fourth-order valence-corrected chi connectivity index (χ4v) is 14.6. The van der Waals surface area contributed by atoms with Crippen molar-refractivity contribution in [3.05, 3.63) is 200 Å². The van der Waals surface area contributed by atoms with Gasteiger partial charge in [0.15, 0.2) is 13.2 Å². The minimum absolute atomic E-state index is 0.910. The number of fused-ring (bicyclic) bond motifs is 8. The summed E-state index contributed by atoms with van der Waals surface area (Å²) in [7, 11) is -2.89. The first-order valence-corrected chi connectivity index (χ1v) is 21.7. The third kappa shape index (κ3) is 5.08. The van der Waals surface area contributed by atoms with Gasteiger partial charge in [-0.2, -0.15) is 0 Å². The molecule has 0 radical (unpaired) electrons. The third-order valence-corrected chi connectivity index (χ3v) is 17.0. The highest BCUT2D eigenvalue weighted by Crippen LogP contribution is 2.39. The Labute approximate surface area is 324 Å². The summed E-state index contributed by atoms with van der Waals surface area (Å²) >= 11 is 1.81. The van der Waals surface area contributed by atoms with Gasteiger partial charge in [0.2, 0.25) is 0 Å². The van der Waals surface area contributed by atoms with E-state index in [4.69, 9.17) is 9.40 Å². The van der Waals surface area contributed by atoms with Gasteiger partial charge in [-0.25, -0.2) is 4.98 Å². The first-order valence-electron chi connectivity index (χ1n) is 18.7. The highest BCUT2D eigenvalue weighted by Gasteiger charge is 2.41. The first kappa shape index (κ1) is 32.1. The Bertz CT molecular complexity index is 3020. The zero-order valence-corrected chi connectivity index (χ0v) is 31.7. The SMILES string of the molecule is c1ccc([Si](c2ccccc2)(c2cccc(-c3ccc4nc5n(c4c3)-c3ccccc3CS5)c2)c2cccc(-c3cccc4c3oc3ccccc34)c2)cc1. The Hall–Kier alpha value is -6.40. The van der Waals surface area contributed by atoms with Crippen LogP contribution in [0.3, 0.4) is 0 Å². The van der Waals surface area contributed by atoms with Crippen molar-refractivity contribution >= 4 is 73.6 Å². The normalized spacial score (nSPS) is 12.6. The van der Waals surface area contributed by atoms with Gasteiger partial charge in [-0.05, 0) is 67.3 Å². The van der Waals surface area contributed by atoms with Crippen LogP contribution < -0.4 is 20.7 Å². The van der Waals surface area contributed by atoms with E-state index in [0.717, 1.165) is 55.0 Å². The lowest BCUT2D eigenvalue weighted by atomic mass is 10.0. The molecule has 0 amide bonds. The molecule has 0 N–H and O–H groups in total. The van der Waals surface area contributed by atoms with Gasteiger partial charge < -0.3 is 4.42 Å². The molecule has 8 aromatic carbocycles. The van der Waals surface area contributed by atoms with Crippen LogP contribution in [0.15, 0.2) is 204 Å². The molecule has 1 aliphatic heterocycles. The Morgan fingerprint density at radius 2 is 1.13 bits per heavy atom. The minimum Gasteiger partial charge on any atom is -0.455 e. The average molecular weight is 739 g/mol. The molecule has 0 saturated carbocycles. The fraction of sp³-hybridized carbons (Fsp3) is 0.0200. The monoisotopic (exact) mass is 738 g/mol. The summed E-state index contributed by atoms with van der Waals surface area (Å²) in [5.41, 5.74) is 11.2. The molecular weight excluding hydrogens is 705 g/mol. The smallest absolute Gasteiger partial charge is 0.179 e. The summed E-state index contributed by atoms with van der Waals surface area (Å²) in [5.74, 6) is 0.939. The number of nitrogens with zero attached hydrogens (tertiary/aromatic N) is 2. The van der Waals surface area contributed by atoms with Crippen molar-refractivity contribution in [1.29, 1.82) is 0 Å². The molecule has 260 valence electrons. The Morgan fingerprint density at radius 1 is 0.509 bits per heavy atom. The molecule has 1 aliphatic rings. The van der Waals surface area contributed by atoms with Gasteiger partial charge in [-0.15, -0.1) is 0 Å². The molecule has 55 heavy (non-hydrogen) atoms. The maximum atomic E-state index is 6.56. The molecule has 0 aliphatic carbocycles. The predicted octanol–water partition coefficient (Wildman–Crippen LogP) is 10.2. The van der Waals surface area contributed by atoms with Gasteiger partial charge in [0.05, 0.1) is 16.7 Å². The van der Waals surface area contributed by atoms with E-state index in [-0.39, 0.29) is 0 Å². The van der Waals surface area contributed by atoms with E-state index in [1.165, 1.54) is 43.1 Å². The molecule has 2 aromatic heterocycles. The lowest BCUT2D eigenvalue weighted by Crippen LogP contribution is -2.74. The van der Waals surface area contributed by atoms with Crippen molar-refractivity contribution in [2.24, 2.45) is 0 Å². The second kappa shape index (κ2) is 12.9. The largest absolute Gasteiger partial charge is 0.455 e. The van der Waals surface area contributed by atoms with Crippen LogP contribution in [0.5, 0.6) is 0 Å². The number of thioether (sulfide) groups is 1. The highest BCUT2D eigenvalue weighted by molar-refractivity contribution is 7.98. The fourth-order valence-electron chi connectivity index (χ4n) is 8.76. The van der Waals surface area contributed by atoms with E-state index in [1.54, 1.807) is 0 Å². The molecule has 0 atom stereocenters. The first-order chi connectivity index (χ1) is 27.3. The Morgan fingerprint density at radius 3 is 1.93 bits per heavy atom. The molecule has 0 unspecified atom stereocenters. The summed E-state index contributed by atoms with van der Waals surface area (Å²) in [6.45, 7) is 0. The van der Waals surface area contributed by atoms with Gasteiger partial charge in [0.25, 0.3) is 0 Å². The summed E-state index contributed by atoms with van der Waals surface area (Å²) in [5, 5.41) is 8.66. The van der Waals surface area contributed by atoms with Crippen LogP contribution in [0.25, 0.3) is 60.9 Å². The maximum Gasteiger partial charge on any atom is 0.179 e. The number of para-hydroxylation sites is 3. The number of furan rings is 1. The lowest BCUT2D eigenvalue weighted by molar-refractivity contribution is 0.670. The van der Waals surface area contributed by atoms with Crippen LogP contribution >= 0.6 is 11.8 Å². The maximum absolute atomic E-state index is 6.56. The highest BCUT2D eigenvalue weighted by atomic mass is 32.2. The van der Waals surface area contributed by atoms with Crippen molar-refractivity contribution in [3.63, 3.8) is 0 Å². The Balaban J connectivity index is 1.13. The summed E-state index contributed by atoms with van der Waals surface area (Å²) < 4.78 is 8.91. The van der Waals surface area contributed by atoms with Crippen molar-refractivity contribution in [2.45, 2.75) is 10.9 Å². The minimum atomic E-state index is -2.89. The topological polar surface area (TPSA) is 31.0 Å². The average Bonchev–Trinajstić information content (AvgIpc) is 3.84. The van der Waals surface area contributed by atoms with Gasteiger partial charge in [0, 0.05) is 22.1 Å². The van der Waals surface area contributed by atoms with Gasteiger partial charge in [-0.1, -0.05) is 182 Å². The zero-order valence-electron chi connectivity index (χ0n) is 29.9. The number of hydrogen-bond acceptors (Lipinski definition) is 3. The van der Waals surface area contributed by atoms with E-state index < -0.39 is 8.07 Å². The molecule has 10 aromatic rings. The molecule has 0 fully saturated rings. The van der Waals surface area contributed by atoms with Crippen LogP contribution in [-0.2, 0) is 5.75 Å². The number of rotatable bonds is 6. The molecule has 11 rings (SSSR count). The second-order valence-electron chi connectivity index (χ2n) is 14.3. The van der Waals surface area contributed by atoms with Crippen molar-refractivity contribution in [3.8, 4) is 27.9 Å². The third-order valence-electron chi connectivity index (χ3n) is 11.3. The summed E-state index contributed by atoms with van der Waals surface area (Å²) in [6.07, 6.45) is 0. The number of imidazole rings is 1. The molecule has 0 bridgehead atoms. The quantitative estimate of drug-likeness (QED) is 0.126. The van der Waals surface area contributed by atoms with Gasteiger partial charge in [0.1, 0.15) is 11.2 Å². The second-order valence-corrected chi connectivity index (χ2v) is 19.0. The zero-order chi connectivity index (χ0) is 36.3. The number of aromatic nitrogens is 2. The predicted molar refractivity (Wildman–Crippen MR) is 232 cm³/mol. The van der Waals surface area contributed by atoms with Crippen molar-refractivity contribution in [2.75, 3.05) is 0 Å². The van der Waals surface area contributed by atoms with E-state index in [1.807, 2.05) is 17.8 Å². The van der Waals surface area contributed by atoms with Crippen LogP contribution in [0, 0.1) is 0 Å². The standard InChI is InChI=1S/C50H34N2OSSi/c1-3-17-38(18-4-1)55(39-19-5-2-6-20-39,41-22-12-16-36(31-41)42-24-13-25-44-43-23-8-10-27-48(43)53-49(42)44)40-21-11-15-34(30-40)35-28-29-45-47(32-35)52-46-26-9-7-14-37(46)33-54-50(52)51-45/h1-32H,33H2. The van der Waals surface area contributed by atoms with E-state index in [9.17, 15) is 0 Å². The van der Waals surface area contributed by atoms with Crippen molar-refractivity contribution < 1.29 is 4.42 Å². The van der Waals surface area contributed by atoms with Crippen LogP contribution in [-0.4, -0.2) is 17.6 Å². The summed E-state index contributed by atoms with van der Waals surface area (Å²) in [4.78, 5) is 5.05. The van der Waals surface area contributed by atoms with E-state index in [2.05, 4.69) is 193 Å². The molecule has 0 spiro atoms. The lowest BCUT2D eigenvalue weighted by Gasteiger charge is -2.35. The van der Waals surface area contributed by atoms with Gasteiger partial charge in [-0.3, -0.25) is 4.57 Å². The molecule has 5 heteroatoms. The molecule has 0 saturated heterocycles. The van der Waals surface area contributed by atoms with E-state index >= 15 is 0 Å². The van der Waals surface area contributed by atoms with Crippen LogP contribution in [0.4, 0.5) is 0 Å². The Kier molecular flexibility index (Phi) is 7.51. The molecule has 3 nitrogen and oxygen atoms in total. The number of benzene rings is 8.